The first kappa shape index (κ1) is 25.7. The number of H-pyrrole nitrogens is 2. The van der Waals surface area contributed by atoms with Gasteiger partial charge < -0.3 is 9.16 Å². The van der Waals surface area contributed by atoms with Gasteiger partial charge in [-0.25, -0.2) is 14.2 Å². The summed E-state index contributed by atoms with van der Waals surface area (Å²) in [6.45, 7) is 10.8. The van der Waals surface area contributed by atoms with Gasteiger partial charge in [0.25, 0.3) is 5.56 Å². The number of alkyl halides is 1. The highest BCUT2D eigenvalue weighted by molar-refractivity contribution is 9.15. The summed E-state index contributed by atoms with van der Waals surface area (Å²) in [5.41, 5.74) is -1.25. The van der Waals surface area contributed by atoms with Gasteiger partial charge in [0.15, 0.2) is 32.3 Å². The van der Waals surface area contributed by atoms with Crippen LogP contribution in [0.25, 0.3) is 11.2 Å². The van der Waals surface area contributed by atoms with Crippen molar-refractivity contribution < 1.29 is 18.1 Å². The summed E-state index contributed by atoms with van der Waals surface area (Å²) in [6, 6.07) is 0. The standard InChI is InChI=1S/C18H28FN4O5PS3Si/c1-18(2,3)33(4,5)26-8-10-13(28-29(30)31-6-7-32-29)11(19)16(27-10)23-9-20-12-14(23)21-17(25)22-15(12)24/h9-11,13,16,30H,6-8H2,1-5H3,(H-,21,22,24,25)/p+1/t10-,11-,13-,16-/m1/s1. The molecule has 4 heterocycles. The topological polar surface area (TPSA) is 111 Å². The summed E-state index contributed by atoms with van der Waals surface area (Å²) in [5, 5.41) is -2.20. The summed E-state index contributed by atoms with van der Waals surface area (Å²) in [4.78, 5) is 32.6. The Morgan fingerprint density at radius 3 is 2.64 bits per heavy atom. The molecule has 2 aromatic rings. The molecule has 0 unspecified atom stereocenters. The number of hydrogen-bond acceptors (Lipinski definition) is 9. The van der Waals surface area contributed by atoms with Crippen molar-refractivity contribution in [2.75, 3.05) is 18.1 Å². The third kappa shape index (κ3) is 5.13. The second kappa shape index (κ2) is 9.27. The van der Waals surface area contributed by atoms with Crippen LogP contribution in [0.5, 0.6) is 0 Å². The molecule has 2 saturated heterocycles. The molecule has 0 spiro atoms. The van der Waals surface area contributed by atoms with E-state index in [-0.39, 0.29) is 22.8 Å². The molecule has 33 heavy (non-hydrogen) atoms. The lowest BCUT2D eigenvalue weighted by atomic mass is 10.1. The predicted molar refractivity (Wildman–Crippen MR) is 139 cm³/mol. The fourth-order valence-corrected chi connectivity index (χ4v) is 13.9. The molecule has 4 rings (SSSR count). The van der Waals surface area contributed by atoms with Crippen LogP contribution in [0.1, 0.15) is 27.0 Å². The van der Waals surface area contributed by atoms with Gasteiger partial charge in [-0.1, -0.05) is 20.8 Å². The Morgan fingerprint density at radius 1 is 1.33 bits per heavy atom. The maximum Gasteiger partial charge on any atom is 0.327 e. The van der Waals surface area contributed by atoms with Gasteiger partial charge in [0.1, 0.15) is 11.8 Å². The third-order valence-electron chi connectivity index (χ3n) is 6.27. The van der Waals surface area contributed by atoms with E-state index in [1.54, 1.807) is 22.8 Å². The minimum absolute atomic E-state index is 0.00362. The van der Waals surface area contributed by atoms with Crippen molar-refractivity contribution in [3.8, 4) is 0 Å². The number of nitrogens with one attached hydrogen (secondary N) is 2. The Labute approximate surface area is 205 Å². The lowest BCUT2D eigenvalue weighted by molar-refractivity contribution is -0.0401. The van der Waals surface area contributed by atoms with E-state index in [1.807, 2.05) is 0 Å². The van der Waals surface area contributed by atoms with Gasteiger partial charge in [0.05, 0.1) is 47.9 Å². The molecule has 0 amide bonds. The molecule has 0 aromatic carbocycles. The van der Waals surface area contributed by atoms with E-state index >= 15 is 4.39 Å². The van der Waals surface area contributed by atoms with E-state index in [0.29, 0.717) is 0 Å². The average Bonchev–Trinajstić information content (AvgIpc) is 3.39. The van der Waals surface area contributed by atoms with E-state index in [9.17, 15) is 9.59 Å². The number of ether oxygens (including phenoxy) is 1. The number of aromatic nitrogens is 4. The monoisotopic (exact) mass is 555 g/mol. The van der Waals surface area contributed by atoms with Crippen LogP contribution in [0.15, 0.2) is 15.9 Å². The summed E-state index contributed by atoms with van der Waals surface area (Å²) in [6.07, 6.45) is -3.01. The summed E-state index contributed by atoms with van der Waals surface area (Å²) in [5.74, 6) is 1.80. The number of nitrogens with zero attached hydrogens (tertiary/aromatic N) is 2. The maximum absolute atomic E-state index is 15.9. The third-order valence-corrected chi connectivity index (χ3v) is 20.8. The van der Waals surface area contributed by atoms with Crippen LogP contribution in [-0.2, 0) is 13.7 Å². The molecular formula is C18H29FN4O5PS3Si+. The Hall–Kier alpha value is -0.343. The minimum atomic E-state index is -2.18. The van der Waals surface area contributed by atoms with Crippen molar-refractivity contribution in [1.29, 1.82) is 0 Å². The zero-order valence-electron chi connectivity index (χ0n) is 19.0. The Balaban J connectivity index is 1.65. The van der Waals surface area contributed by atoms with Gasteiger partial charge in [-0.2, -0.15) is 4.52 Å². The zero-order chi connectivity index (χ0) is 24.2. The Kier molecular flexibility index (Phi) is 7.23. The van der Waals surface area contributed by atoms with Gasteiger partial charge in [-0.05, 0) is 18.1 Å². The number of fused-ring (bicyclic) bond motifs is 1. The van der Waals surface area contributed by atoms with Crippen molar-refractivity contribution in [2.24, 2.45) is 0 Å². The second-order valence-electron chi connectivity index (χ2n) is 9.54. The molecule has 2 aliphatic heterocycles. The smallest absolute Gasteiger partial charge is 0.327 e. The lowest BCUT2D eigenvalue weighted by Crippen LogP contribution is -2.44. The predicted octanol–water partition coefficient (Wildman–Crippen LogP) is 4.14. The quantitative estimate of drug-likeness (QED) is 0.277. The molecule has 0 bridgehead atoms. The Bertz CT molecular complexity index is 1130. The fourth-order valence-electron chi connectivity index (χ4n) is 3.39. The number of rotatable bonds is 6. The van der Waals surface area contributed by atoms with Crippen LogP contribution in [0.2, 0.25) is 18.1 Å². The van der Waals surface area contributed by atoms with Crippen LogP contribution in [-0.4, -0.2) is 64.3 Å². The number of thiol groups is 1. The van der Waals surface area contributed by atoms with Crippen molar-refractivity contribution in [3.63, 3.8) is 0 Å². The minimum Gasteiger partial charge on any atom is -0.414 e. The summed E-state index contributed by atoms with van der Waals surface area (Å²) < 4.78 is 36.0. The molecule has 184 valence electrons. The molecular weight excluding hydrogens is 526 g/mol. The summed E-state index contributed by atoms with van der Waals surface area (Å²) in [7, 11) is -2.12. The van der Waals surface area contributed by atoms with Gasteiger partial charge in [-0.3, -0.25) is 19.3 Å². The molecule has 9 nitrogen and oxygen atoms in total. The van der Waals surface area contributed by atoms with Gasteiger partial charge >= 0.3 is 10.8 Å². The number of hydrogen-bond donors (Lipinski definition) is 3. The van der Waals surface area contributed by atoms with E-state index < -0.39 is 49.3 Å². The van der Waals surface area contributed by atoms with Crippen molar-refractivity contribution >= 4 is 59.6 Å². The van der Waals surface area contributed by atoms with Crippen LogP contribution in [0, 0.1) is 0 Å². The van der Waals surface area contributed by atoms with Crippen LogP contribution in [0.4, 0.5) is 4.39 Å². The van der Waals surface area contributed by atoms with Gasteiger partial charge in [0, 0.05) is 11.5 Å². The Morgan fingerprint density at radius 2 is 2.00 bits per heavy atom. The maximum atomic E-state index is 15.9. The highest BCUT2D eigenvalue weighted by Gasteiger charge is 2.57. The largest absolute Gasteiger partial charge is 0.414 e. The van der Waals surface area contributed by atoms with E-state index in [1.165, 1.54) is 10.9 Å². The molecule has 4 atom stereocenters. The first-order valence-electron chi connectivity index (χ1n) is 10.5. The highest BCUT2D eigenvalue weighted by atomic mass is 33.4. The van der Waals surface area contributed by atoms with Crippen LogP contribution < -0.4 is 11.2 Å². The molecule has 2 aliphatic rings. The molecule has 0 saturated carbocycles. The number of imidazole rings is 1. The molecule has 15 heteroatoms. The van der Waals surface area contributed by atoms with E-state index in [0.717, 1.165) is 11.5 Å². The highest BCUT2D eigenvalue weighted by Crippen LogP contribution is 2.87. The fraction of sp³-hybridized carbons (Fsp3) is 0.722. The first-order chi connectivity index (χ1) is 15.3. The molecule has 2 aromatic heterocycles. The van der Waals surface area contributed by atoms with Gasteiger partial charge in [0.2, 0.25) is 0 Å². The van der Waals surface area contributed by atoms with Gasteiger partial charge in [-0.15, -0.1) is 0 Å². The molecule has 0 aliphatic carbocycles. The molecule has 0 radical (unpaired) electrons. The van der Waals surface area contributed by atoms with Crippen molar-refractivity contribution in [2.45, 2.75) is 63.5 Å². The van der Waals surface area contributed by atoms with Crippen molar-refractivity contribution in [1.82, 2.24) is 19.5 Å². The number of halogens is 1. The van der Waals surface area contributed by atoms with E-state index in [4.69, 9.17) is 25.9 Å². The number of aromatic amines is 2. The zero-order valence-corrected chi connectivity index (χ0v) is 23.5. The first-order valence-corrected chi connectivity index (χ1v) is 19.5. The average molecular weight is 556 g/mol. The van der Waals surface area contributed by atoms with Crippen LogP contribution >= 0.6 is 40.1 Å². The molecule has 2 fully saturated rings. The lowest BCUT2D eigenvalue weighted by Gasteiger charge is -2.37. The van der Waals surface area contributed by atoms with Crippen molar-refractivity contribution in [3.05, 3.63) is 27.2 Å². The summed E-state index contributed by atoms with van der Waals surface area (Å²) >= 11 is 7.98. The molecule has 2 N–H and O–H groups in total. The SMILES string of the molecule is CC(C)(C)[Si](C)(C)OC[C@H]1O[C@@H](n2cnc3c(=O)[nH]c(=O)[nH]c32)[C@H](F)[C@@H]1O[P+]1(S)SCCS1. The van der Waals surface area contributed by atoms with E-state index in [2.05, 4.69) is 48.8 Å². The second-order valence-corrected chi connectivity index (χ2v) is 25.5. The van der Waals surface area contributed by atoms with Crippen LogP contribution in [0.3, 0.4) is 0 Å². The normalized spacial score (nSPS) is 28.1.